The number of hydrogen-bond donors (Lipinski definition) is 0. The van der Waals surface area contributed by atoms with Crippen molar-refractivity contribution in [3.05, 3.63) is 85.6 Å². The topological polar surface area (TPSA) is 0 Å². The second-order valence-corrected chi connectivity index (χ2v) is 9.91. The third kappa shape index (κ3) is 2.92. The summed E-state index contributed by atoms with van der Waals surface area (Å²) in [4.78, 5) is 0. The third-order valence-corrected chi connectivity index (χ3v) is 5.77. The van der Waals surface area contributed by atoms with E-state index in [-0.39, 0.29) is 10.8 Å². The van der Waals surface area contributed by atoms with Crippen molar-refractivity contribution in [1.82, 2.24) is 0 Å². The van der Waals surface area contributed by atoms with Crippen molar-refractivity contribution in [1.29, 1.82) is 0 Å². The molecular formula is C27H29. The lowest BCUT2D eigenvalue weighted by molar-refractivity contribution is 0.585. The molecule has 0 atom stereocenters. The summed E-state index contributed by atoms with van der Waals surface area (Å²) in [6, 6.07) is 9.23. The first-order valence-electron chi connectivity index (χ1n) is 9.89. The highest BCUT2D eigenvalue weighted by molar-refractivity contribution is 5.80. The quantitative estimate of drug-likeness (QED) is 0.554. The summed E-state index contributed by atoms with van der Waals surface area (Å²) < 4.78 is 0. The van der Waals surface area contributed by atoms with Crippen LogP contribution in [-0.4, -0.2) is 0 Å². The van der Waals surface area contributed by atoms with Crippen LogP contribution in [0, 0.1) is 10.4 Å². The molecule has 2 aromatic rings. The van der Waals surface area contributed by atoms with Crippen molar-refractivity contribution in [3.63, 3.8) is 0 Å². The van der Waals surface area contributed by atoms with Gasteiger partial charge in [0.15, 0.2) is 0 Å². The number of benzene rings is 2. The lowest BCUT2D eigenvalue weighted by Crippen LogP contribution is -2.25. The van der Waals surface area contributed by atoms with Gasteiger partial charge in [-0.05, 0) is 84.2 Å². The van der Waals surface area contributed by atoms with Crippen LogP contribution in [0.1, 0.15) is 70.2 Å². The lowest BCUT2D eigenvalue weighted by Gasteiger charge is -2.23. The maximum atomic E-state index is 4.52. The van der Waals surface area contributed by atoms with Gasteiger partial charge in [0, 0.05) is 0 Å². The summed E-state index contributed by atoms with van der Waals surface area (Å²) in [5, 5.41) is 5.00. The van der Waals surface area contributed by atoms with Crippen LogP contribution in [-0.2, 0) is 10.8 Å². The van der Waals surface area contributed by atoms with E-state index in [4.69, 9.17) is 0 Å². The second-order valence-electron chi connectivity index (χ2n) is 9.91. The Kier molecular flexibility index (Phi) is 3.89. The molecule has 0 spiro atoms. The molecule has 0 nitrogen and oxygen atoms in total. The highest BCUT2D eigenvalue weighted by Gasteiger charge is 2.22. The Bertz CT molecular complexity index is 1200. The molecule has 2 aliphatic rings. The summed E-state index contributed by atoms with van der Waals surface area (Å²) in [5.74, 6) is 0. The standard InChI is InChI=1S/C27H29/c1-17-24(27(5,6)7)16-22-21-15-20(26(2,3)4)13-12-19(21)14-23(22)25(17)18-10-8-9-11-18/h8-10,12-13,15-16H,1,11H2,2-7H3. The van der Waals surface area contributed by atoms with Gasteiger partial charge in [0.2, 0.25) is 0 Å². The van der Waals surface area contributed by atoms with E-state index in [0.717, 1.165) is 11.6 Å². The highest BCUT2D eigenvalue weighted by Crippen LogP contribution is 2.30. The monoisotopic (exact) mass is 353 g/mol. The molecule has 2 aromatic carbocycles. The van der Waals surface area contributed by atoms with Gasteiger partial charge in [0.1, 0.15) is 0 Å². The van der Waals surface area contributed by atoms with Crippen LogP contribution in [0.15, 0.2) is 42.5 Å². The minimum absolute atomic E-state index is 0.0534. The van der Waals surface area contributed by atoms with E-state index in [9.17, 15) is 0 Å². The van der Waals surface area contributed by atoms with Gasteiger partial charge in [-0.3, -0.25) is 0 Å². The molecule has 0 N–H and O–H groups in total. The first-order chi connectivity index (χ1) is 12.6. The van der Waals surface area contributed by atoms with E-state index in [1.54, 1.807) is 0 Å². The number of fused-ring (bicyclic) bond motifs is 2. The van der Waals surface area contributed by atoms with Gasteiger partial charge >= 0.3 is 0 Å². The summed E-state index contributed by atoms with van der Waals surface area (Å²) in [6.45, 7) is 18.2. The Balaban J connectivity index is 2.17. The van der Waals surface area contributed by atoms with Gasteiger partial charge < -0.3 is 0 Å². The molecule has 0 aliphatic heterocycles. The summed E-state index contributed by atoms with van der Waals surface area (Å²) in [6.07, 6.45) is 11.3. The zero-order chi connectivity index (χ0) is 19.6. The molecule has 2 aliphatic carbocycles. The Morgan fingerprint density at radius 3 is 2.26 bits per heavy atom. The molecule has 0 saturated carbocycles. The van der Waals surface area contributed by atoms with E-state index in [1.165, 1.54) is 43.5 Å². The SMILES string of the molecule is C=c1c(C(C)(C)C)cc2c(c1C1=CC=CC1)[C]=c1ccc(C(C)(C)C)cc1=2. The smallest absolute Gasteiger partial charge is 0.000731 e. The fourth-order valence-electron chi connectivity index (χ4n) is 4.20. The molecule has 0 heteroatoms. The van der Waals surface area contributed by atoms with Crippen molar-refractivity contribution in [2.45, 2.75) is 58.8 Å². The van der Waals surface area contributed by atoms with Crippen LogP contribution in [0.4, 0.5) is 0 Å². The van der Waals surface area contributed by atoms with E-state index in [2.05, 4.69) is 96.7 Å². The van der Waals surface area contributed by atoms with E-state index >= 15 is 0 Å². The van der Waals surface area contributed by atoms with Gasteiger partial charge in [-0.15, -0.1) is 0 Å². The normalized spacial score (nSPS) is 15.4. The molecule has 0 bridgehead atoms. The second kappa shape index (κ2) is 5.83. The molecule has 0 amide bonds. The minimum atomic E-state index is 0.0534. The van der Waals surface area contributed by atoms with Crippen LogP contribution in [0.3, 0.4) is 0 Å². The first kappa shape index (κ1) is 18.0. The van der Waals surface area contributed by atoms with Crippen LogP contribution < -0.4 is 10.4 Å². The van der Waals surface area contributed by atoms with Crippen molar-refractivity contribution in [2.24, 2.45) is 0 Å². The average Bonchev–Trinajstić information content (AvgIpc) is 3.18. The predicted molar refractivity (Wildman–Crippen MR) is 117 cm³/mol. The van der Waals surface area contributed by atoms with Crippen molar-refractivity contribution < 1.29 is 0 Å². The maximum absolute atomic E-state index is 4.52. The minimum Gasteiger partial charge on any atom is -0.0908 e. The van der Waals surface area contributed by atoms with Crippen molar-refractivity contribution in [2.75, 3.05) is 0 Å². The fourth-order valence-corrected chi connectivity index (χ4v) is 4.20. The van der Waals surface area contributed by atoms with Crippen LogP contribution in [0.2, 0.25) is 0 Å². The van der Waals surface area contributed by atoms with Crippen LogP contribution >= 0.6 is 0 Å². The average molecular weight is 354 g/mol. The van der Waals surface area contributed by atoms with Gasteiger partial charge in [-0.1, -0.05) is 78.5 Å². The molecule has 0 aromatic heterocycles. The molecular weight excluding hydrogens is 324 g/mol. The fraction of sp³-hybridized carbons (Fsp3) is 0.333. The Morgan fingerprint density at radius 1 is 0.926 bits per heavy atom. The Labute approximate surface area is 163 Å². The molecule has 0 unspecified atom stereocenters. The van der Waals surface area contributed by atoms with E-state index in [1.807, 2.05) is 0 Å². The zero-order valence-electron chi connectivity index (χ0n) is 17.5. The largest absolute Gasteiger partial charge is 0.0908 e. The van der Waals surface area contributed by atoms with Crippen LogP contribution in [0.25, 0.3) is 18.2 Å². The zero-order valence-corrected chi connectivity index (χ0v) is 17.5. The van der Waals surface area contributed by atoms with Crippen molar-refractivity contribution >= 4 is 18.2 Å². The Hall–Kier alpha value is -2.34. The maximum Gasteiger partial charge on any atom is -0.000731 e. The number of rotatable bonds is 1. The molecule has 0 heterocycles. The van der Waals surface area contributed by atoms with Crippen molar-refractivity contribution in [3.8, 4) is 0 Å². The summed E-state index contributed by atoms with van der Waals surface area (Å²) in [7, 11) is 0. The molecule has 0 saturated heterocycles. The predicted octanol–water partition coefficient (Wildman–Crippen LogP) is 5.34. The van der Waals surface area contributed by atoms with Gasteiger partial charge in [0.05, 0.1) is 0 Å². The Morgan fingerprint density at radius 2 is 1.67 bits per heavy atom. The van der Waals surface area contributed by atoms with Gasteiger partial charge in [0.25, 0.3) is 0 Å². The molecule has 27 heavy (non-hydrogen) atoms. The lowest BCUT2D eigenvalue weighted by atomic mass is 9.81. The van der Waals surface area contributed by atoms with Gasteiger partial charge in [-0.2, -0.15) is 0 Å². The molecule has 4 rings (SSSR count). The molecule has 1 radical (unpaired) electrons. The summed E-state index contributed by atoms with van der Waals surface area (Å²) in [5.41, 5.74) is 6.77. The molecule has 137 valence electrons. The third-order valence-electron chi connectivity index (χ3n) is 5.77. The van der Waals surface area contributed by atoms with Gasteiger partial charge in [-0.25, -0.2) is 0 Å². The highest BCUT2D eigenvalue weighted by atomic mass is 14.3. The van der Waals surface area contributed by atoms with E-state index < -0.39 is 0 Å². The number of hydrogen-bond acceptors (Lipinski definition) is 0. The van der Waals surface area contributed by atoms with E-state index in [0.29, 0.717) is 0 Å². The number of allylic oxidation sites excluding steroid dienone is 4. The van der Waals surface area contributed by atoms with Crippen LogP contribution in [0.5, 0.6) is 0 Å². The first-order valence-corrected chi connectivity index (χ1v) is 9.89. The molecule has 0 fully saturated rings. The summed E-state index contributed by atoms with van der Waals surface area (Å²) >= 11 is 0.